The summed E-state index contributed by atoms with van der Waals surface area (Å²) < 4.78 is 0.870. The molecule has 2 fully saturated rings. The average Bonchev–Trinajstić information content (AvgIpc) is 3.16. The van der Waals surface area contributed by atoms with Crippen molar-refractivity contribution in [1.29, 1.82) is 0 Å². The maximum absolute atomic E-state index is 13.4. The topological polar surface area (TPSA) is 57.7 Å². The smallest absolute Gasteiger partial charge is 0.240 e. The molecule has 5 rings (SSSR count). The number of rotatable bonds is 2. The molecule has 28 heavy (non-hydrogen) atoms. The van der Waals surface area contributed by atoms with Crippen molar-refractivity contribution in [2.75, 3.05) is 4.90 Å². The minimum absolute atomic E-state index is 0.0969. The largest absolute Gasteiger partial charge is 0.359 e. The van der Waals surface area contributed by atoms with E-state index in [-0.39, 0.29) is 23.6 Å². The van der Waals surface area contributed by atoms with Gasteiger partial charge in [-0.3, -0.25) is 14.4 Å². The highest BCUT2D eigenvalue weighted by molar-refractivity contribution is 9.10. The normalized spacial score (nSPS) is 27.6. The lowest BCUT2D eigenvalue weighted by Gasteiger charge is -2.34. The SMILES string of the molecule is CC(=O)[C@H]1[C@@H]2C(=O)N(c3ccc(Br)cc3)C(=O)[C@@H]2[C@H]2c3ccccc3C=CN21. The van der Waals surface area contributed by atoms with E-state index >= 15 is 0 Å². The van der Waals surface area contributed by atoms with Gasteiger partial charge in [-0.25, -0.2) is 4.90 Å². The van der Waals surface area contributed by atoms with Gasteiger partial charge in [-0.2, -0.15) is 0 Å². The Balaban J connectivity index is 1.65. The molecule has 3 aliphatic heterocycles. The van der Waals surface area contributed by atoms with Crippen molar-refractivity contribution >= 4 is 45.3 Å². The monoisotopic (exact) mass is 436 g/mol. The van der Waals surface area contributed by atoms with Crippen molar-refractivity contribution < 1.29 is 14.4 Å². The van der Waals surface area contributed by atoms with E-state index in [0.29, 0.717) is 5.69 Å². The first kappa shape index (κ1) is 17.4. The van der Waals surface area contributed by atoms with Gasteiger partial charge in [0, 0.05) is 10.7 Å². The fourth-order valence-electron chi connectivity index (χ4n) is 4.87. The molecule has 0 spiro atoms. The van der Waals surface area contributed by atoms with Gasteiger partial charge >= 0.3 is 0 Å². The number of ketones is 1. The van der Waals surface area contributed by atoms with Gasteiger partial charge in [0.15, 0.2) is 5.78 Å². The minimum Gasteiger partial charge on any atom is -0.359 e. The number of fused-ring (bicyclic) bond motifs is 5. The second-order valence-corrected chi connectivity index (χ2v) is 8.35. The molecule has 0 aromatic heterocycles. The number of imide groups is 1. The molecular formula is C22H17BrN2O3. The van der Waals surface area contributed by atoms with Crippen LogP contribution in [-0.2, 0) is 14.4 Å². The Morgan fingerprint density at radius 2 is 1.64 bits per heavy atom. The number of hydrogen-bond donors (Lipinski definition) is 0. The third-order valence-electron chi connectivity index (χ3n) is 5.96. The van der Waals surface area contributed by atoms with Crippen LogP contribution >= 0.6 is 15.9 Å². The Hall–Kier alpha value is -2.73. The number of carbonyl (C=O) groups excluding carboxylic acids is 3. The predicted molar refractivity (Wildman–Crippen MR) is 108 cm³/mol. The first-order valence-corrected chi connectivity index (χ1v) is 9.97. The van der Waals surface area contributed by atoms with Gasteiger partial charge in [-0.15, -0.1) is 0 Å². The summed E-state index contributed by atoms with van der Waals surface area (Å²) in [7, 11) is 0. The Labute approximate surface area is 170 Å². The molecule has 0 saturated carbocycles. The number of carbonyl (C=O) groups is 3. The van der Waals surface area contributed by atoms with Crippen LogP contribution in [0.2, 0.25) is 0 Å². The molecule has 0 radical (unpaired) electrons. The number of amides is 2. The maximum Gasteiger partial charge on any atom is 0.240 e. The molecule has 3 aliphatic rings. The van der Waals surface area contributed by atoms with Crippen LogP contribution in [0, 0.1) is 11.8 Å². The van der Waals surface area contributed by atoms with Gasteiger partial charge in [0.25, 0.3) is 0 Å². The van der Waals surface area contributed by atoms with Crippen LogP contribution in [0.1, 0.15) is 24.1 Å². The highest BCUT2D eigenvalue weighted by atomic mass is 79.9. The van der Waals surface area contributed by atoms with Crippen molar-refractivity contribution in [2.24, 2.45) is 11.8 Å². The van der Waals surface area contributed by atoms with Crippen LogP contribution in [-0.4, -0.2) is 28.5 Å². The highest BCUT2D eigenvalue weighted by Gasteiger charge is 2.63. The summed E-state index contributed by atoms with van der Waals surface area (Å²) >= 11 is 3.38. The summed E-state index contributed by atoms with van der Waals surface area (Å²) in [6.07, 6.45) is 3.81. The maximum atomic E-state index is 13.4. The third-order valence-corrected chi connectivity index (χ3v) is 6.49. The summed E-state index contributed by atoms with van der Waals surface area (Å²) in [6.45, 7) is 1.50. The fourth-order valence-corrected chi connectivity index (χ4v) is 5.13. The van der Waals surface area contributed by atoms with E-state index in [1.54, 1.807) is 24.3 Å². The predicted octanol–water partition coefficient (Wildman–Crippen LogP) is 3.55. The fraction of sp³-hybridized carbons (Fsp3) is 0.227. The second-order valence-electron chi connectivity index (χ2n) is 7.43. The standard InChI is InChI=1S/C22H17BrN2O3/c1-12(26)19-17-18(20-16-5-3-2-4-13(16)10-11-24(19)20)22(28)25(21(17)27)15-8-6-14(23)7-9-15/h2-11,17-20H,1H3/t17-,18+,19+,20-/m1/s1. The molecule has 2 saturated heterocycles. The lowest BCUT2D eigenvalue weighted by atomic mass is 9.84. The van der Waals surface area contributed by atoms with Gasteiger partial charge in [-0.1, -0.05) is 40.2 Å². The molecule has 2 aromatic rings. The first-order chi connectivity index (χ1) is 13.5. The zero-order valence-corrected chi connectivity index (χ0v) is 16.7. The van der Waals surface area contributed by atoms with E-state index in [4.69, 9.17) is 0 Å². The highest BCUT2D eigenvalue weighted by Crippen LogP contribution is 2.53. The molecule has 3 heterocycles. The quantitative estimate of drug-likeness (QED) is 0.675. The molecule has 140 valence electrons. The summed E-state index contributed by atoms with van der Waals surface area (Å²) in [5, 5.41) is 0. The van der Waals surface area contributed by atoms with Gasteiger partial charge in [0.05, 0.1) is 29.6 Å². The average molecular weight is 437 g/mol. The van der Waals surface area contributed by atoms with Gasteiger partial charge in [-0.05, 0) is 48.4 Å². The minimum atomic E-state index is -0.672. The molecule has 5 nitrogen and oxygen atoms in total. The van der Waals surface area contributed by atoms with E-state index in [1.165, 1.54) is 11.8 Å². The van der Waals surface area contributed by atoms with Crippen LogP contribution in [0.5, 0.6) is 0 Å². The first-order valence-electron chi connectivity index (χ1n) is 9.17. The zero-order chi connectivity index (χ0) is 19.6. The Morgan fingerprint density at radius 1 is 0.964 bits per heavy atom. The second kappa shape index (κ2) is 6.14. The molecule has 6 heteroatoms. The van der Waals surface area contributed by atoms with Crippen LogP contribution in [0.3, 0.4) is 0 Å². The number of anilines is 1. The molecule has 0 bridgehead atoms. The summed E-state index contributed by atoms with van der Waals surface area (Å²) in [5.41, 5.74) is 2.55. The molecule has 0 aliphatic carbocycles. The van der Waals surface area contributed by atoms with Crippen LogP contribution in [0.15, 0.2) is 59.2 Å². The zero-order valence-electron chi connectivity index (χ0n) is 15.1. The molecular weight excluding hydrogens is 420 g/mol. The van der Waals surface area contributed by atoms with E-state index in [9.17, 15) is 14.4 Å². The van der Waals surface area contributed by atoms with Gasteiger partial charge in [0.2, 0.25) is 11.8 Å². The molecule has 4 atom stereocenters. The lowest BCUT2D eigenvalue weighted by molar-refractivity contribution is -0.129. The number of halogens is 1. The van der Waals surface area contributed by atoms with Gasteiger partial charge < -0.3 is 4.90 Å². The molecule has 0 N–H and O–H groups in total. The summed E-state index contributed by atoms with van der Waals surface area (Å²) in [4.78, 5) is 42.5. The van der Waals surface area contributed by atoms with E-state index in [0.717, 1.165) is 15.6 Å². The van der Waals surface area contributed by atoms with E-state index < -0.39 is 17.9 Å². The Kier molecular flexibility index (Phi) is 3.81. The van der Waals surface area contributed by atoms with Crippen LogP contribution < -0.4 is 4.90 Å². The molecule has 2 aromatic carbocycles. The van der Waals surface area contributed by atoms with Gasteiger partial charge in [0.1, 0.15) is 0 Å². The van der Waals surface area contributed by atoms with E-state index in [1.807, 2.05) is 41.4 Å². The number of benzene rings is 2. The summed E-state index contributed by atoms with van der Waals surface area (Å²) in [5.74, 6) is -1.87. The third kappa shape index (κ3) is 2.27. The van der Waals surface area contributed by atoms with Crippen LogP contribution in [0.4, 0.5) is 5.69 Å². The van der Waals surface area contributed by atoms with Crippen molar-refractivity contribution in [2.45, 2.75) is 19.0 Å². The van der Waals surface area contributed by atoms with Crippen molar-refractivity contribution in [3.63, 3.8) is 0 Å². The van der Waals surface area contributed by atoms with Crippen molar-refractivity contribution in [1.82, 2.24) is 4.90 Å². The van der Waals surface area contributed by atoms with Crippen molar-refractivity contribution in [3.05, 3.63) is 70.3 Å². The Bertz CT molecular complexity index is 1050. The number of nitrogens with zero attached hydrogens (tertiary/aromatic N) is 2. The Morgan fingerprint density at radius 3 is 2.36 bits per heavy atom. The summed E-state index contributed by atoms with van der Waals surface area (Å²) in [6, 6.07) is 14.0. The van der Waals surface area contributed by atoms with E-state index in [2.05, 4.69) is 15.9 Å². The van der Waals surface area contributed by atoms with Crippen LogP contribution in [0.25, 0.3) is 6.08 Å². The lowest BCUT2D eigenvalue weighted by Crippen LogP contribution is -2.43. The number of Topliss-reactive ketones (excluding diaryl/α,β-unsaturated/α-hetero) is 1. The molecule has 2 amide bonds. The molecule has 0 unspecified atom stereocenters. The van der Waals surface area contributed by atoms with Crippen molar-refractivity contribution in [3.8, 4) is 0 Å². The number of hydrogen-bond acceptors (Lipinski definition) is 4.